The number of nitrogens with zero attached hydrogens (tertiary/aromatic N) is 1. The van der Waals surface area contributed by atoms with Crippen molar-refractivity contribution in [3.05, 3.63) is 90.0 Å². The number of nitrogens with one attached hydrogen (secondary N) is 1. The molecule has 0 fully saturated rings. The van der Waals surface area contributed by atoms with Gasteiger partial charge in [0.25, 0.3) is 0 Å². The number of ether oxygens (including phenoxy) is 3. The van der Waals surface area contributed by atoms with E-state index in [2.05, 4.69) is 5.32 Å². The van der Waals surface area contributed by atoms with Crippen LogP contribution in [-0.2, 0) is 22.6 Å². The van der Waals surface area contributed by atoms with Crippen LogP contribution < -0.4 is 19.5 Å². The number of carbonyl (C=O) groups is 2. The fourth-order valence-electron chi connectivity index (χ4n) is 4.19. The van der Waals surface area contributed by atoms with Gasteiger partial charge >= 0.3 is 0 Å². The smallest absolute Gasteiger partial charge is 0.243 e. The molecule has 0 radical (unpaired) electrons. The Morgan fingerprint density at radius 3 is 2.18 bits per heavy atom. The third-order valence-corrected chi connectivity index (χ3v) is 6.62. The lowest BCUT2D eigenvalue weighted by molar-refractivity contribution is -0.141. The Balaban J connectivity index is 1.80. The SMILES string of the molecule is CC[C@@H](C)NC(=O)[C@@H](Cc1ccccc1)N(Cc1cccc(OC)c1)C(=O)CCCOc1ccc(OC)cc1. The molecule has 0 aliphatic rings. The van der Waals surface area contributed by atoms with Crippen LogP contribution in [0.15, 0.2) is 78.9 Å². The largest absolute Gasteiger partial charge is 0.497 e. The van der Waals surface area contributed by atoms with Gasteiger partial charge in [-0.2, -0.15) is 0 Å². The van der Waals surface area contributed by atoms with Crippen LogP contribution in [0.5, 0.6) is 17.2 Å². The number of benzene rings is 3. The van der Waals surface area contributed by atoms with Crippen LogP contribution in [0.4, 0.5) is 0 Å². The number of hydrogen-bond acceptors (Lipinski definition) is 5. The number of methoxy groups -OCH3 is 2. The van der Waals surface area contributed by atoms with Gasteiger partial charge in [0.1, 0.15) is 23.3 Å². The van der Waals surface area contributed by atoms with E-state index >= 15 is 0 Å². The molecule has 0 bridgehead atoms. The van der Waals surface area contributed by atoms with Crippen LogP contribution in [0.3, 0.4) is 0 Å². The van der Waals surface area contributed by atoms with Crippen molar-refractivity contribution in [3.63, 3.8) is 0 Å². The molecule has 0 saturated carbocycles. The fourth-order valence-corrected chi connectivity index (χ4v) is 4.19. The van der Waals surface area contributed by atoms with Gasteiger partial charge < -0.3 is 24.4 Å². The molecule has 3 aromatic rings. The highest BCUT2D eigenvalue weighted by Gasteiger charge is 2.30. The Labute approximate surface area is 232 Å². The standard InChI is InChI=1S/C32H40N2O5/c1-5-24(2)33-32(36)30(22-25-11-7-6-8-12-25)34(23-26-13-9-14-29(21-26)38-4)31(35)15-10-20-39-28-18-16-27(37-3)17-19-28/h6-9,11-14,16-19,21,24,30H,5,10,15,20,22-23H2,1-4H3,(H,33,36)/t24-,30-/m1/s1. The van der Waals surface area contributed by atoms with Crippen molar-refractivity contribution in [2.45, 2.75) is 58.2 Å². The first-order valence-electron chi connectivity index (χ1n) is 13.5. The Morgan fingerprint density at radius 2 is 1.51 bits per heavy atom. The van der Waals surface area contributed by atoms with Crippen molar-refractivity contribution in [2.75, 3.05) is 20.8 Å². The summed E-state index contributed by atoms with van der Waals surface area (Å²) in [5, 5.41) is 3.10. The predicted molar refractivity (Wildman–Crippen MR) is 153 cm³/mol. The zero-order valence-corrected chi connectivity index (χ0v) is 23.4. The average Bonchev–Trinajstić information content (AvgIpc) is 2.97. The van der Waals surface area contributed by atoms with Crippen LogP contribution in [0.1, 0.15) is 44.2 Å². The molecule has 208 valence electrons. The van der Waals surface area contributed by atoms with Crippen molar-refractivity contribution < 1.29 is 23.8 Å². The lowest BCUT2D eigenvalue weighted by atomic mass is 10.0. The maximum absolute atomic E-state index is 13.7. The first kappa shape index (κ1) is 29.6. The topological polar surface area (TPSA) is 77.1 Å². The molecular weight excluding hydrogens is 492 g/mol. The van der Waals surface area contributed by atoms with E-state index in [0.29, 0.717) is 37.5 Å². The van der Waals surface area contributed by atoms with E-state index in [9.17, 15) is 9.59 Å². The van der Waals surface area contributed by atoms with E-state index < -0.39 is 6.04 Å². The predicted octanol–water partition coefficient (Wildman–Crippen LogP) is 5.42. The monoisotopic (exact) mass is 532 g/mol. The van der Waals surface area contributed by atoms with Gasteiger partial charge in [0.05, 0.1) is 20.8 Å². The first-order valence-corrected chi connectivity index (χ1v) is 13.5. The molecule has 0 unspecified atom stereocenters. The maximum atomic E-state index is 13.7. The van der Waals surface area contributed by atoms with Gasteiger partial charge in [0.15, 0.2) is 0 Å². The molecule has 0 aliphatic heterocycles. The van der Waals surface area contributed by atoms with Crippen molar-refractivity contribution in [3.8, 4) is 17.2 Å². The summed E-state index contributed by atoms with van der Waals surface area (Å²) in [5.41, 5.74) is 1.89. The Bertz CT molecular complexity index is 1170. The molecule has 2 amide bonds. The summed E-state index contributed by atoms with van der Waals surface area (Å²) in [6.07, 6.45) is 1.99. The van der Waals surface area contributed by atoms with Gasteiger partial charge in [-0.25, -0.2) is 0 Å². The Kier molecular flexibility index (Phi) is 11.7. The highest BCUT2D eigenvalue weighted by molar-refractivity contribution is 5.88. The maximum Gasteiger partial charge on any atom is 0.243 e. The molecule has 1 N–H and O–H groups in total. The highest BCUT2D eigenvalue weighted by Crippen LogP contribution is 2.21. The van der Waals surface area contributed by atoms with E-state index in [4.69, 9.17) is 14.2 Å². The third kappa shape index (κ3) is 9.36. The highest BCUT2D eigenvalue weighted by atomic mass is 16.5. The number of amides is 2. The Hall–Kier alpha value is -4.00. The molecule has 0 heterocycles. The molecule has 3 aromatic carbocycles. The second kappa shape index (κ2) is 15.4. The minimum Gasteiger partial charge on any atom is -0.497 e. The molecular formula is C32H40N2O5. The summed E-state index contributed by atoms with van der Waals surface area (Å²) >= 11 is 0. The van der Waals surface area contributed by atoms with Crippen LogP contribution in [-0.4, -0.2) is 49.6 Å². The molecule has 0 saturated heterocycles. The van der Waals surface area contributed by atoms with E-state index in [-0.39, 0.29) is 24.3 Å². The van der Waals surface area contributed by atoms with E-state index in [1.807, 2.05) is 92.7 Å². The number of rotatable bonds is 15. The van der Waals surface area contributed by atoms with E-state index in [1.54, 1.807) is 19.1 Å². The van der Waals surface area contributed by atoms with Crippen LogP contribution in [0.2, 0.25) is 0 Å². The van der Waals surface area contributed by atoms with Gasteiger partial charge in [0, 0.05) is 25.4 Å². The summed E-state index contributed by atoms with van der Waals surface area (Å²) in [6, 6.07) is 24.1. The number of hydrogen-bond donors (Lipinski definition) is 1. The summed E-state index contributed by atoms with van der Waals surface area (Å²) in [5.74, 6) is 1.92. The van der Waals surface area contributed by atoms with E-state index in [1.165, 1.54) is 0 Å². The summed E-state index contributed by atoms with van der Waals surface area (Å²) in [6.45, 7) is 4.68. The zero-order valence-electron chi connectivity index (χ0n) is 23.4. The molecule has 0 aliphatic carbocycles. The van der Waals surface area contributed by atoms with Crippen LogP contribution in [0, 0.1) is 0 Å². The first-order chi connectivity index (χ1) is 18.9. The van der Waals surface area contributed by atoms with Gasteiger partial charge in [-0.05, 0) is 67.3 Å². The summed E-state index contributed by atoms with van der Waals surface area (Å²) < 4.78 is 16.4. The van der Waals surface area contributed by atoms with Gasteiger partial charge in [-0.1, -0.05) is 49.4 Å². The summed E-state index contributed by atoms with van der Waals surface area (Å²) in [7, 11) is 3.23. The third-order valence-electron chi connectivity index (χ3n) is 6.62. The molecule has 39 heavy (non-hydrogen) atoms. The lowest BCUT2D eigenvalue weighted by Gasteiger charge is -2.32. The van der Waals surface area contributed by atoms with Crippen molar-refractivity contribution in [1.29, 1.82) is 0 Å². The lowest BCUT2D eigenvalue weighted by Crippen LogP contribution is -2.52. The molecule has 0 spiro atoms. The molecule has 0 aromatic heterocycles. The minimum atomic E-state index is -0.664. The molecule has 2 atom stereocenters. The second-order valence-electron chi connectivity index (χ2n) is 9.52. The van der Waals surface area contributed by atoms with Crippen molar-refractivity contribution in [1.82, 2.24) is 10.2 Å². The average molecular weight is 533 g/mol. The number of carbonyl (C=O) groups excluding carboxylic acids is 2. The van der Waals surface area contributed by atoms with Gasteiger partial charge in [-0.3, -0.25) is 9.59 Å². The van der Waals surface area contributed by atoms with Crippen LogP contribution in [0.25, 0.3) is 0 Å². The van der Waals surface area contributed by atoms with Crippen molar-refractivity contribution >= 4 is 11.8 Å². The zero-order chi connectivity index (χ0) is 28.0. The normalized spacial score (nSPS) is 12.2. The van der Waals surface area contributed by atoms with E-state index in [0.717, 1.165) is 23.3 Å². The second-order valence-corrected chi connectivity index (χ2v) is 9.52. The fraction of sp³-hybridized carbons (Fsp3) is 0.375. The molecule has 7 nitrogen and oxygen atoms in total. The van der Waals surface area contributed by atoms with Gasteiger partial charge in [0.2, 0.25) is 11.8 Å². The molecule has 7 heteroatoms. The molecule has 3 rings (SSSR count). The van der Waals surface area contributed by atoms with Gasteiger partial charge in [-0.15, -0.1) is 0 Å². The minimum absolute atomic E-state index is 0.00226. The van der Waals surface area contributed by atoms with Crippen molar-refractivity contribution in [2.24, 2.45) is 0 Å². The summed E-state index contributed by atoms with van der Waals surface area (Å²) in [4.78, 5) is 29.0. The Morgan fingerprint density at radius 1 is 0.846 bits per heavy atom. The quantitative estimate of drug-likeness (QED) is 0.265. The van der Waals surface area contributed by atoms with Crippen LogP contribution >= 0.6 is 0 Å².